The van der Waals surface area contributed by atoms with E-state index in [9.17, 15) is 4.79 Å². The van der Waals surface area contributed by atoms with Crippen LogP contribution in [0.5, 0.6) is 0 Å². The van der Waals surface area contributed by atoms with Crippen LogP contribution in [0.25, 0.3) is 0 Å². The van der Waals surface area contributed by atoms with Crippen LogP contribution >= 0.6 is 11.3 Å². The van der Waals surface area contributed by atoms with Crippen molar-refractivity contribution in [2.45, 2.75) is 20.0 Å². The minimum absolute atomic E-state index is 0.391. The number of carbonyl (C=O) groups is 1. The molecule has 2 aromatic rings. The van der Waals surface area contributed by atoms with E-state index in [4.69, 9.17) is 5.11 Å². The third-order valence-electron chi connectivity index (χ3n) is 2.75. The Labute approximate surface area is 110 Å². The van der Waals surface area contributed by atoms with Crippen molar-refractivity contribution in [3.63, 3.8) is 0 Å². The average Bonchev–Trinajstić information content (AvgIpc) is 2.80. The predicted molar refractivity (Wildman–Crippen MR) is 73.0 cm³/mol. The molecule has 1 heterocycles. The van der Waals surface area contributed by atoms with Crippen molar-refractivity contribution in [1.82, 2.24) is 5.32 Å². The molecule has 1 aromatic heterocycles. The molecule has 0 aliphatic rings. The standard InChI is InChI=1S/C14H15NO2S/c1-10-4-2-3-5-11(10)8-15-9-12-6-7-13(18-12)14(16)17/h2-7,15H,8-9H2,1H3,(H,16,17). The molecule has 0 amide bonds. The van der Waals surface area contributed by atoms with Gasteiger partial charge in [0.05, 0.1) is 0 Å². The SMILES string of the molecule is Cc1ccccc1CNCc1ccc(C(=O)O)s1. The Morgan fingerprint density at radius 2 is 2.00 bits per heavy atom. The lowest BCUT2D eigenvalue weighted by molar-refractivity contribution is 0.0702. The highest BCUT2D eigenvalue weighted by Gasteiger charge is 2.06. The quantitative estimate of drug-likeness (QED) is 0.869. The number of carboxylic acids is 1. The molecule has 3 nitrogen and oxygen atoms in total. The molecule has 0 fully saturated rings. The molecule has 18 heavy (non-hydrogen) atoms. The van der Waals surface area contributed by atoms with Crippen molar-refractivity contribution >= 4 is 17.3 Å². The summed E-state index contributed by atoms with van der Waals surface area (Å²) in [6, 6.07) is 11.7. The second-order valence-corrected chi connectivity index (χ2v) is 5.27. The summed E-state index contributed by atoms with van der Waals surface area (Å²) in [5, 5.41) is 12.2. The molecule has 0 aliphatic carbocycles. The van der Waals surface area contributed by atoms with Gasteiger partial charge >= 0.3 is 5.97 Å². The maximum absolute atomic E-state index is 10.7. The molecule has 0 radical (unpaired) electrons. The van der Waals surface area contributed by atoms with Gasteiger partial charge in [0.1, 0.15) is 4.88 Å². The highest BCUT2D eigenvalue weighted by molar-refractivity contribution is 7.13. The van der Waals surface area contributed by atoms with Gasteiger partial charge < -0.3 is 10.4 Å². The maximum atomic E-state index is 10.7. The second-order valence-electron chi connectivity index (χ2n) is 4.10. The first-order chi connectivity index (χ1) is 8.66. The van der Waals surface area contributed by atoms with Gasteiger partial charge in [0.15, 0.2) is 0 Å². The van der Waals surface area contributed by atoms with Gasteiger partial charge in [-0.05, 0) is 30.2 Å². The Bertz CT molecular complexity index is 548. The third-order valence-corrected chi connectivity index (χ3v) is 3.82. The zero-order valence-electron chi connectivity index (χ0n) is 10.1. The van der Waals surface area contributed by atoms with Crippen molar-refractivity contribution in [1.29, 1.82) is 0 Å². The Morgan fingerprint density at radius 3 is 2.67 bits per heavy atom. The molecule has 2 N–H and O–H groups in total. The first-order valence-electron chi connectivity index (χ1n) is 5.74. The molecule has 0 unspecified atom stereocenters. The van der Waals surface area contributed by atoms with Gasteiger partial charge in [-0.15, -0.1) is 11.3 Å². The van der Waals surface area contributed by atoms with Crippen LogP contribution in [0.3, 0.4) is 0 Å². The minimum Gasteiger partial charge on any atom is -0.477 e. The van der Waals surface area contributed by atoms with E-state index < -0.39 is 5.97 Å². The van der Waals surface area contributed by atoms with Gasteiger partial charge in [0, 0.05) is 18.0 Å². The first-order valence-corrected chi connectivity index (χ1v) is 6.55. The zero-order chi connectivity index (χ0) is 13.0. The summed E-state index contributed by atoms with van der Waals surface area (Å²) >= 11 is 1.32. The van der Waals surface area contributed by atoms with Crippen LogP contribution in [0.15, 0.2) is 36.4 Å². The topological polar surface area (TPSA) is 49.3 Å². The number of hydrogen-bond acceptors (Lipinski definition) is 3. The van der Waals surface area contributed by atoms with Crippen LogP contribution < -0.4 is 5.32 Å². The summed E-state index contributed by atoms with van der Waals surface area (Å²) in [6.45, 7) is 3.59. The lowest BCUT2D eigenvalue weighted by Crippen LogP contribution is -2.12. The molecule has 4 heteroatoms. The van der Waals surface area contributed by atoms with Crippen LogP contribution in [-0.2, 0) is 13.1 Å². The average molecular weight is 261 g/mol. The summed E-state index contributed by atoms with van der Waals surface area (Å²) < 4.78 is 0. The minimum atomic E-state index is -0.856. The third kappa shape index (κ3) is 3.18. The van der Waals surface area contributed by atoms with Crippen LogP contribution in [0.2, 0.25) is 0 Å². The number of carboxylic acid groups (broad SMARTS) is 1. The van der Waals surface area contributed by atoms with Gasteiger partial charge in [0.25, 0.3) is 0 Å². The Morgan fingerprint density at radius 1 is 1.22 bits per heavy atom. The normalized spacial score (nSPS) is 10.5. The van der Waals surface area contributed by atoms with Crippen molar-refractivity contribution < 1.29 is 9.90 Å². The Kier molecular flexibility index (Phi) is 4.12. The van der Waals surface area contributed by atoms with Crippen molar-refractivity contribution in [2.75, 3.05) is 0 Å². The Balaban J connectivity index is 1.88. The van der Waals surface area contributed by atoms with E-state index >= 15 is 0 Å². The van der Waals surface area contributed by atoms with Crippen LogP contribution in [0.1, 0.15) is 25.7 Å². The maximum Gasteiger partial charge on any atom is 0.345 e. The highest BCUT2D eigenvalue weighted by atomic mass is 32.1. The predicted octanol–water partition coefficient (Wildman–Crippen LogP) is 3.04. The second kappa shape index (κ2) is 5.80. The van der Waals surface area contributed by atoms with Gasteiger partial charge in [-0.3, -0.25) is 0 Å². The number of hydrogen-bond donors (Lipinski definition) is 2. The molecule has 0 spiro atoms. The van der Waals surface area contributed by atoms with Crippen molar-refractivity contribution in [3.8, 4) is 0 Å². The molecule has 0 atom stereocenters. The van der Waals surface area contributed by atoms with E-state index in [1.165, 1.54) is 22.5 Å². The van der Waals surface area contributed by atoms with Gasteiger partial charge in [-0.2, -0.15) is 0 Å². The fourth-order valence-corrected chi connectivity index (χ4v) is 2.53. The summed E-state index contributed by atoms with van der Waals surface area (Å²) in [4.78, 5) is 12.2. The molecule has 94 valence electrons. The van der Waals surface area contributed by atoms with E-state index in [1.807, 2.05) is 18.2 Å². The zero-order valence-corrected chi connectivity index (χ0v) is 11.0. The lowest BCUT2D eigenvalue weighted by atomic mass is 10.1. The number of aryl methyl sites for hydroxylation is 1. The molecule has 0 bridgehead atoms. The van der Waals surface area contributed by atoms with Crippen LogP contribution in [-0.4, -0.2) is 11.1 Å². The monoisotopic (exact) mass is 261 g/mol. The number of thiophene rings is 1. The Hall–Kier alpha value is -1.65. The molecule has 0 saturated heterocycles. The summed E-state index contributed by atoms with van der Waals surface area (Å²) in [5.41, 5.74) is 2.54. The van der Waals surface area contributed by atoms with Gasteiger partial charge in [-0.25, -0.2) is 4.79 Å². The number of aromatic carboxylic acids is 1. The lowest BCUT2D eigenvalue weighted by Gasteiger charge is -2.06. The largest absolute Gasteiger partial charge is 0.477 e. The van der Waals surface area contributed by atoms with Crippen molar-refractivity contribution in [3.05, 3.63) is 57.3 Å². The van der Waals surface area contributed by atoms with Gasteiger partial charge in [-0.1, -0.05) is 24.3 Å². The summed E-state index contributed by atoms with van der Waals surface area (Å²) in [7, 11) is 0. The molecule has 1 aromatic carbocycles. The van der Waals surface area contributed by atoms with E-state index in [-0.39, 0.29) is 0 Å². The van der Waals surface area contributed by atoms with Crippen LogP contribution in [0.4, 0.5) is 0 Å². The molecular weight excluding hydrogens is 246 g/mol. The highest BCUT2D eigenvalue weighted by Crippen LogP contribution is 2.16. The van der Waals surface area contributed by atoms with Gasteiger partial charge in [0.2, 0.25) is 0 Å². The summed E-state index contributed by atoms with van der Waals surface area (Å²) in [5.74, 6) is -0.856. The number of nitrogens with one attached hydrogen (secondary N) is 1. The fraction of sp³-hybridized carbons (Fsp3) is 0.214. The van der Waals surface area contributed by atoms with E-state index in [0.29, 0.717) is 11.4 Å². The van der Waals surface area contributed by atoms with E-state index in [2.05, 4.69) is 24.4 Å². The van der Waals surface area contributed by atoms with E-state index in [0.717, 1.165) is 11.4 Å². The molecule has 2 rings (SSSR count). The summed E-state index contributed by atoms with van der Waals surface area (Å²) in [6.07, 6.45) is 0. The number of rotatable bonds is 5. The van der Waals surface area contributed by atoms with Crippen LogP contribution in [0, 0.1) is 6.92 Å². The first kappa shape index (κ1) is 12.8. The van der Waals surface area contributed by atoms with Crippen molar-refractivity contribution in [2.24, 2.45) is 0 Å². The smallest absolute Gasteiger partial charge is 0.345 e. The number of benzene rings is 1. The fourth-order valence-electron chi connectivity index (χ4n) is 1.72. The molecule has 0 aliphatic heterocycles. The molecule has 0 saturated carbocycles. The van der Waals surface area contributed by atoms with E-state index in [1.54, 1.807) is 6.07 Å². The molecular formula is C14H15NO2S.